The van der Waals surface area contributed by atoms with Gasteiger partial charge in [0.1, 0.15) is 5.75 Å². The van der Waals surface area contributed by atoms with Gasteiger partial charge in [0.15, 0.2) is 0 Å². The predicted molar refractivity (Wildman–Crippen MR) is 106 cm³/mol. The van der Waals surface area contributed by atoms with Crippen molar-refractivity contribution >= 4 is 17.3 Å². The number of nitrogens with one attached hydrogen (secondary N) is 1. The molecule has 0 aliphatic carbocycles. The van der Waals surface area contributed by atoms with E-state index < -0.39 is 0 Å². The second-order valence-corrected chi connectivity index (χ2v) is 6.81. The standard InChI is InChI=1S/C21H27N3O2.2ClH/c1-16-4-5-18(14-17(16)2)22-21(25)15-23-10-12-24(13-11-23)19-6-8-20(26-3)9-7-19;;/h4-9,14H,10-13,15H2,1-3H3,(H,22,25);2*1H/p-2. The predicted octanol–water partition coefficient (Wildman–Crippen LogP) is -2.92. The number of aryl methyl sites for hydroxylation is 2. The smallest absolute Gasteiger partial charge is 0.238 e. The summed E-state index contributed by atoms with van der Waals surface area (Å²) in [7, 11) is 1.68. The average molecular weight is 424 g/mol. The molecule has 1 fully saturated rings. The molecule has 1 saturated heterocycles. The van der Waals surface area contributed by atoms with Gasteiger partial charge in [-0.1, -0.05) is 6.07 Å². The lowest BCUT2D eigenvalue weighted by Crippen LogP contribution is -3.00. The van der Waals surface area contributed by atoms with Crippen LogP contribution in [0.15, 0.2) is 42.5 Å². The maximum atomic E-state index is 12.3. The minimum Gasteiger partial charge on any atom is -1.00 e. The number of halogens is 2. The highest BCUT2D eigenvalue weighted by atomic mass is 35.5. The third-order valence-electron chi connectivity index (χ3n) is 4.97. The number of nitrogens with zero attached hydrogens (tertiary/aromatic N) is 2. The summed E-state index contributed by atoms with van der Waals surface area (Å²) in [5, 5.41) is 3.00. The molecule has 0 unspecified atom stereocenters. The van der Waals surface area contributed by atoms with Crippen LogP contribution in [0.25, 0.3) is 0 Å². The van der Waals surface area contributed by atoms with Gasteiger partial charge >= 0.3 is 0 Å². The van der Waals surface area contributed by atoms with Crippen LogP contribution < -0.4 is 39.8 Å². The van der Waals surface area contributed by atoms with Crippen molar-refractivity contribution in [1.29, 1.82) is 0 Å². The first-order valence-electron chi connectivity index (χ1n) is 9.03. The van der Waals surface area contributed by atoms with Crippen LogP contribution in [-0.4, -0.2) is 50.6 Å². The number of piperazine rings is 1. The Kier molecular flexibility index (Phi) is 9.59. The molecule has 154 valence electrons. The minimum atomic E-state index is 0. The van der Waals surface area contributed by atoms with Crippen LogP contribution >= 0.6 is 0 Å². The van der Waals surface area contributed by atoms with Crippen LogP contribution in [0.4, 0.5) is 11.4 Å². The third-order valence-corrected chi connectivity index (χ3v) is 4.97. The molecule has 1 heterocycles. The maximum Gasteiger partial charge on any atom is 0.238 e. The average Bonchev–Trinajstić information content (AvgIpc) is 2.65. The van der Waals surface area contributed by atoms with E-state index in [1.54, 1.807) is 7.11 Å². The molecule has 1 N–H and O–H groups in total. The van der Waals surface area contributed by atoms with Gasteiger partial charge in [0.05, 0.1) is 13.7 Å². The van der Waals surface area contributed by atoms with E-state index in [2.05, 4.69) is 41.1 Å². The molecule has 0 spiro atoms. The second kappa shape index (κ2) is 11.1. The SMILES string of the molecule is COc1ccc(N2CCN(CC(=O)Nc3ccc(C)c(C)c3)CC2)cc1.[Cl-].[Cl-]. The molecule has 2 aromatic rings. The normalized spacial score (nSPS) is 13.9. The van der Waals surface area contributed by atoms with E-state index in [0.717, 1.165) is 37.6 Å². The largest absolute Gasteiger partial charge is 1.00 e. The van der Waals surface area contributed by atoms with E-state index >= 15 is 0 Å². The molecule has 3 rings (SSSR count). The zero-order valence-corrected chi connectivity index (χ0v) is 18.1. The fourth-order valence-corrected chi connectivity index (χ4v) is 3.18. The molecular formula is C21H27Cl2N3O2-2. The van der Waals surface area contributed by atoms with Crippen molar-refractivity contribution in [2.24, 2.45) is 0 Å². The highest BCUT2D eigenvalue weighted by Gasteiger charge is 2.19. The third kappa shape index (κ3) is 6.30. The van der Waals surface area contributed by atoms with E-state index in [0.29, 0.717) is 6.54 Å². The molecule has 2 aromatic carbocycles. The molecule has 0 atom stereocenters. The van der Waals surface area contributed by atoms with E-state index in [1.165, 1.54) is 16.8 Å². The molecular weight excluding hydrogens is 397 g/mol. The number of benzene rings is 2. The molecule has 5 nitrogen and oxygen atoms in total. The van der Waals surface area contributed by atoms with Crippen molar-refractivity contribution in [2.75, 3.05) is 50.1 Å². The molecule has 0 aromatic heterocycles. The number of rotatable bonds is 5. The van der Waals surface area contributed by atoms with Gasteiger partial charge in [-0.25, -0.2) is 0 Å². The van der Waals surface area contributed by atoms with Crippen molar-refractivity contribution in [1.82, 2.24) is 4.90 Å². The quantitative estimate of drug-likeness (QED) is 0.559. The van der Waals surface area contributed by atoms with E-state index in [-0.39, 0.29) is 30.7 Å². The van der Waals surface area contributed by atoms with Crippen molar-refractivity contribution < 1.29 is 34.3 Å². The molecule has 1 amide bonds. The Balaban J connectivity index is 0.00000196. The lowest BCUT2D eigenvalue weighted by Gasteiger charge is -2.35. The Bertz CT molecular complexity index is 761. The molecule has 7 heteroatoms. The molecule has 28 heavy (non-hydrogen) atoms. The van der Waals surface area contributed by atoms with Crippen LogP contribution in [0.5, 0.6) is 5.75 Å². The summed E-state index contributed by atoms with van der Waals surface area (Å²) in [6.45, 7) is 8.17. The molecule has 0 radical (unpaired) electrons. The minimum absolute atomic E-state index is 0. The Morgan fingerprint density at radius 2 is 1.61 bits per heavy atom. The van der Waals surface area contributed by atoms with Crippen LogP contribution in [0.1, 0.15) is 11.1 Å². The number of hydrogen-bond donors (Lipinski definition) is 1. The Morgan fingerprint density at radius 3 is 2.18 bits per heavy atom. The van der Waals surface area contributed by atoms with Crippen molar-refractivity contribution in [3.05, 3.63) is 53.6 Å². The highest BCUT2D eigenvalue weighted by Crippen LogP contribution is 2.20. The summed E-state index contributed by atoms with van der Waals surface area (Å²) >= 11 is 0. The topological polar surface area (TPSA) is 44.8 Å². The fraction of sp³-hybridized carbons (Fsp3) is 0.381. The summed E-state index contributed by atoms with van der Waals surface area (Å²) in [4.78, 5) is 16.9. The lowest BCUT2D eigenvalue weighted by molar-refractivity contribution is -0.117. The number of anilines is 2. The van der Waals surface area contributed by atoms with Gasteiger partial charge in [-0.2, -0.15) is 0 Å². The van der Waals surface area contributed by atoms with Gasteiger partial charge in [0.2, 0.25) is 5.91 Å². The Labute approximate surface area is 179 Å². The van der Waals surface area contributed by atoms with Crippen LogP contribution in [0.2, 0.25) is 0 Å². The fourth-order valence-electron chi connectivity index (χ4n) is 3.18. The van der Waals surface area contributed by atoms with Gasteiger partial charge < -0.3 is 39.8 Å². The van der Waals surface area contributed by atoms with Gasteiger partial charge in [-0.15, -0.1) is 0 Å². The van der Waals surface area contributed by atoms with Gasteiger partial charge in [-0.3, -0.25) is 9.69 Å². The summed E-state index contributed by atoms with van der Waals surface area (Å²) in [6.07, 6.45) is 0. The molecule has 0 saturated carbocycles. The van der Waals surface area contributed by atoms with E-state index in [9.17, 15) is 4.79 Å². The summed E-state index contributed by atoms with van der Waals surface area (Å²) in [5.74, 6) is 0.918. The number of carbonyl (C=O) groups is 1. The zero-order chi connectivity index (χ0) is 18.5. The van der Waals surface area contributed by atoms with Gasteiger partial charge in [0, 0.05) is 37.6 Å². The summed E-state index contributed by atoms with van der Waals surface area (Å²) < 4.78 is 5.21. The number of methoxy groups -OCH3 is 1. The molecule has 0 bridgehead atoms. The van der Waals surface area contributed by atoms with Crippen LogP contribution in [0, 0.1) is 13.8 Å². The van der Waals surface area contributed by atoms with Gasteiger partial charge in [-0.05, 0) is 61.4 Å². The maximum absolute atomic E-state index is 12.3. The van der Waals surface area contributed by atoms with Crippen molar-refractivity contribution in [3.63, 3.8) is 0 Å². The lowest BCUT2D eigenvalue weighted by atomic mass is 10.1. The van der Waals surface area contributed by atoms with Crippen molar-refractivity contribution in [2.45, 2.75) is 13.8 Å². The van der Waals surface area contributed by atoms with Crippen molar-refractivity contribution in [3.8, 4) is 5.75 Å². The first-order chi connectivity index (χ1) is 12.5. The van der Waals surface area contributed by atoms with Crippen LogP contribution in [0.3, 0.4) is 0 Å². The number of carbonyl (C=O) groups excluding carboxylic acids is 1. The summed E-state index contributed by atoms with van der Waals surface area (Å²) in [6, 6.07) is 14.2. The molecule has 1 aliphatic rings. The molecule has 1 aliphatic heterocycles. The highest BCUT2D eigenvalue weighted by molar-refractivity contribution is 5.92. The number of amides is 1. The first-order valence-corrected chi connectivity index (χ1v) is 9.03. The Morgan fingerprint density at radius 1 is 0.964 bits per heavy atom. The second-order valence-electron chi connectivity index (χ2n) is 6.81. The van der Waals surface area contributed by atoms with Crippen LogP contribution in [-0.2, 0) is 4.79 Å². The number of hydrogen-bond acceptors (Lipinski definition) is 4. The monoisotopic (exact) mass is 423 g/mol. The van der Waals surface area contributed by atoms with E-state index in [1.807, 2.05) is 30.3 Å². The zero-order valence-electron chi connectivity index (χ0n) is 16.5. The Hall–Kier alpha value is -1.95. The number of ether oxygens (including phenoxy) is 1. The first kappa shape index (κ1) is 24.1. The van der Waals surface area contributed by atoms with E-state index in [4.69, 9.17) is 4.74 Å². The van der Waals surface area contributed by atoms with Gasteiger partial charge in [0.25, 0.3) is 0 Å². The summed E-state index contributed by atoms with van der Waals surface area (Å²) in [5.41, 5.74) is 4.49.